The highest BCUT2D eigenvalue weighted by atomic mass is 35.5. The monoisotopic (exact) mass is 472 g/mol. The van der Waals surface area contributed by atoms with Crippen molar-refractivity contribution in [3.63, 3.8) is 0 Å². The first kappa shape index (κ1) is 23.4. The smallest absolute Gasteiger partial charge is 0.322 e. The van der Waals surface area contributed by atoms with E-state index in [2.05, 4.69) is 9.97 Å². The number of nitrogens with zero attached hydrogens (tertiary/aromatic N) is 4. The van der Waals surface area contributed by atoms with Crippen LogP contribution in [0, 0.1) is 18.3 Å². The van der Waals surface area contributed by atoms with Crippen molar-refractivity contribution in [2.45, 2.75) is 26.0 Å². The Bertz CT molecular complexity index is 1350. The van der Waals surface area contributed by atoms with E-state index in [1.54, 1.807) is 51.4 Å². The van der Waals surface area contributed by atoms with Gasteiger partial charge in [0.15, 0.2) is 15.6 Å². The number of nitriles is 1. The second-order valence-electron chi connectivity index (χ2n) is 7.28. The van der Waals surface area contributed by atoms with E-state index in [1.807, 2.05) is 6.07 Å². The molecule has 10 heteroatoms. The van der Waals surface area contributed by atoms with Crippen molar-refractivity contribution in [3.8, 4) is 29.1 Å². The van der Waals surface area contributed by atoms with Crippen LogP contribution in [0.1, 0.15) is 30.2 Å². The largest absolute Gasteiger partial charge is 0.421 e. The molecule has 166 valence electrons. The number of benzene rings is 1. The topological polar surface area (TPSA) is 115 Å². The van der Waals surface area contributed by atoms with E-state index in [-0.39, 0.29) is 45.1 Å². The number of halogens is 1. The highest BCUT2D eigenvalue weighted by molar-refractivity contribution is 7.90. The minimum Gasteiger partial charge on any atom is -0.421 e. The molecule has 0 bridgehead atoms. The van der Waals surface area contributed by atoms with Gasteiger partial charge in [-0.1, -0.05) is 24.6 Å². The molecule has 0 radical (unpaired) electrons. The number of aryl methyl sites for hydroxylation is 2. The maximum atomic E-state index is 12.4. The lowest BCUT2D eigenvalue weighted by atomic mass is 10.1. The van der Waals surface area contributed by atoms with Crippen LogP contribution in [-0.4, -0.2) is 28.7 Å². The highest BCUT2D eigenvalue weighted by Crippen LogP contribution is 2.32. The molecule has 8 nitrogen and oxygen atoms in total. The third-order valence-electron chi connectivity index (χ3n) is 4.58. The molecular formula is C22H21ClN4O4S. The van der Waals surface area contributed by atoms with Crippen molar-refractivity contribution in [3.05, 3.63) is 68.7 Å². The molecule has 0 N–H and O–H groups in total. The summed E-state index contributed by atoms with van der Waals surface area (Å²) in [5.74, 6) is -0.205. The Morgan fingerprint density at radius 3 is 2.66 bits per heavy atom. The van der Waals surface area contributed by atoms with Gasteiger partial charge in [-0.15, -0.1) is 0 Å². The van der Waals surface area contributed by atoms with Gasteiger partial charge in [-0.3, -0.25) is 4.79 Å². The van der Waals surface area contributed by atoms with Crippen LogP contribution in [0.3, 0.4) is 0 Å². The molecule has 0 saturated heterocycles. The molecule has 3 aromatic rings. The second kappa shape index (κ2) is 9.51. The molecule has 0 saturated carbocycles. The maximum absolute atomic E-state index is 12.4. The Balaban J connectivity index is 2.15. The van der Waals surface area contributed by atoms with Gasteiger partial charge in [-0.2, -0.15) is 15.2 Å². The summed E-state index contributed by atoms with van der Waals surface area (Å²) in [5, 5.41) is 9.56. The average Bonchev–Trinajstić information content (AvgIpc) is 2.72. The summed E-state index contributed by atoms with van der Waals surface area (Å²) in [5.41, 5.74) is 1.73. The molecule has 0 atom stereocenters. The molecule has 0 amide bonds. The van der Waals surface area contributed by atoms with Gasteiger partial charge in [0.05, 0.1) is 33.5 Å². The molecule has 0 fully saturated rings. The minimum atomic E-state index is -3.40. The van der Waals surface area contributed by atoms with Crippen LogP contribution in [0.15, 0.2) is 41.3 Å². The summed E-state index contributed by atoms with van der Waals surface area (Å²) in [6.45, 7) is 3.46. The molecule has 0 aliphatic rings. The first-order chi connectivity index (χ1) is 15.1. The Kier molecular flexibility index (Phi) is 6.96. The predicted molar refractivity (Wildman–Crippen MR) is 121 cm³/mol. The van der Waals surface area contributed by atoms with E-state index >= 15 is 0 Å². The van der Waals surface area contributed by atoms with Gasteiger partial charge in [0.25, 0.3) is 5.56 Å². The van der Waals surface area contributed by atoms with Crippen LogP contribution < -0.4 is 10.3 Å². The molecular weight excluding hydrogens is 452 g/mol. The van der Waals surface area contributed by atoms with E-state index in [1.165, 1.54) is 10.6 Å². The molecule has 32 heavy (non-hydrogen) atoms. The molecule has 2 heterocycles. The lowest BCUT2D eigenvalue weighted by Gasteiger charge is -2.12. The zero-order chi connectivity index (χ0) is 23.5. The zero-order valence-electron chi connectivity index (χ0n) is 17.8. The van der Waals surface area contributed by atoms with Crippen LogP contribution >= 0.6 is 11.6 Å². The standard InChI is InChI=1S/C22H21ClN4O4S/c1-4-8-32(29,30)13-17-10-19(16-9-14(2)21(28)27(3)12-16)26-22(25-17)31-20-15(11-24)6-5-7-18(20)23/h5-7,9-10,12H,4,8,13H2,1-3H3. The minimum absolute atomic E-state index is 0.0184. The van der Waals surface area contributed by atoms with Gasteiger partial charge < -0.3 is 9.30 Å². The first-order valence-electron chi connectivity index (χ1n) is 9.76. The molecule has 0 aliphatic heterocycles. The number of pyridine rings is 1. The second-order valence-corrected chi connectivity index (χ2v) is 9.87. The van der Waals surface area contributed by atoms with Gasteiger partial charge in [-0.05, 0) is 37.6 Å². The van der Waals surface area contributed by atoms with Crippen molar-refractivity contribution >= 4 is 21.4 Å². The van der Waals surface area contributed by atoms with Gasteiger partial charge in [-0.25, -0.2) is 8.42 Å². The van der Waals surface area contributed by atoms with Crippen molar-refractivity contribution in [2.24, 2.45) is 7.05 Å². The summed E-state index contributed by atoms with van der Waals surface area (Å²) < 4.78 is 32.0. The van der Waals surface area contributed by atoms with Crippen molar-refractivity contribution < 1.29 is 13.2 Å². The SMILES string of the molecule is CCCS(=O)(=O)Cc1cc(-c2cc(C)c(=O)n(C)c2)nc(Oc2c(Cl)cccc2C#N)n1. The van der Waals surface area contributed by atoms with E-state index < -0.39 is 9.84 Å². The molecule has 2 aromatic heterocycles. The van der Waals surface area contributed by atoms with Gasteiger partial charge in [0.1, 0.15) is 6.07 Å². The highest BCUT2D eigenvalue weighted by Gasteiger charge is 2.18. The lowest BCUT2D eigenvalue weighted by molar-refractivity contribution is 0.439. The van der Waals surface area contributed by atoms with Gasteiger partial charge in [0.2, 0.25) is 0 Å². The van der Waals surface area contributed by atoms with E-state index in [0.717, 1.165) is 0 Å². The predicted octanol–water partition coefficient (Wildman–Crippen LogP) is 3.79. The van der Waals surface area contributed by atoms with Crippen LogP contribution in [0.5, 0.6) is 11.8 Å². The Hall–Kier alpha value is -3.22. The number of hydrogen-bond acceptors (Lipinski definition) is 7. The number of aromatic nitrogens is 3. The lowest BCUT2D eigenvalue weighted by Crippen LogP contribution is -2.18. The first-order valence-corrected chi connectivity index (χ1v) is 12.0. The fourth-order valence-electron chi connectivity index (χ4n) is 3.16. The van der Waals surface area contributed by atoms with Gasteiger partial charge >= 0.3 is 6.01 Å². The third kappa shape index (κ3) is 5.33. The summed E-state index contributed by atoms with van der Waals surface area (Å²) in [7, 11) is -1.78. The fraction of sp³-hybridized carbons (Fsp3) is 0.273. The molecule has 1 aromatic carbocycles. The number of para-hydroxylation sites is 1. The van der Waals surface area contributed by atoms with Crippen molar-refractivity contribution in [1.29, 1.82) is 5.26 Å². The molecule has 3 rings (SSSR count). The summed E-state index contributed by atoms with van der Waals surface area (Å²) >= 11 is 6.20. The zero-order valence-corrected chi connectivity index (χ0v) is 19.4. The Labute approximate surface area is 191 Å². The summed E-state index contributed by atoms with van der Waals surface area (Å²) in [6, 6.07) is 9.76. The van der Waals surface area contributed by atoms with Crippen LogP contribution in [0.25, 0.3) is 11.3 Å². The number of sulfone groups is 1. The Morgan fingerprint density at radius 1 is 1.25 bits per heavy atom. The Morgan fingerprint density at radius 2 is 2.00 bits per heavy atom. The quantitative estimate of drug-likeness (QED) is 0.513. The van der Waals surface area contributed by atoms with Gasteiger partial charge in [0, 0.05) is 24.4 Å². The average molecular weight is 473 g/mol. The third-order valence-corrected chi connectivity index (χ3v) is 6.64. The molecule has 0 unspecified atom stereocenters. The maximum Gasteiger partial charge on any atom is 0.322 e. The van der Waals surface area contributed by atoms with E-state index in [0.29, 0.717) is 23.2 Å². The molecule has 0 spiro atoms. The van der Waals surface area contributed by atoms with Crippen LogP contribution in [0.4, 0.5) is 0 Å². The fourth-order valence-corrected chi connectivity index (χ4v) is 4.74. The van der Waals surface area contributed by atoms with Crippen LogP contribution in [0.2, 0.25) is 5.02 Å². The summed E-state index contributed by atoms with van der Waals surface area (Å²) in [4.78, 5) is 20.7. The number of rotatable bonds is 7. The van der Waals surface area contributed by atoms with Crippen molar-refractivity contribution in [2.75, 3.05) is 5.75 Å². The van der Waals surface area contributed by atoms with Crippen LogP contribution in [-0.2, 0) is 22.6 Å². The van der Waals surface area contributed by atoms with E-state index in [9.17, 15) is 18.5 Å². The normalized spacial score (nSPS) is 11.2. The summed E-state index contributed by atoms with van der Waals surface area (Å²) in [6.07, 6.45) is 2.08. The number of ether oxygens (including phenoxy) is 1. The van der Waals surface area contributed by atoms with Crippen molar-refractivity contribution in [1.82, 2.24) is 14.5 Å². The molecule has 0 aliphatic carbocycles. The van der Waals surface area contributed by atoms with E-state index in [4.69, 9.17) is 16.3 Å². The number of hydrogen-bond donors (Lipinski definition) is 0.